The zero-order chi connectivity index (χ0) is 20.8. The molecule has 150 valence electrons. The molecule has 0 N–H and O–H groups in total. The number of hydrogen-bond acceptors (Lipinski definition) is 8. The molecular weight excluding hydrogens is 378 g/mol. The summed E-state index contributed by atoms with van der Waals surface area (Å²) in [5, 5.41) is 14.8. The quantitative estimate of drug-likeness (QED) is 0.319. The molecule has 0 atom stereocenters. The molecule has 1 heterocycles. The van der Waals surface area contributed by atoms with Crippen molar-refractivity contribution in [3.05, 3.63) is 70.1 Å². The van der Waals surface area contributed by atoms with E-state index in [0.717, 1.165) is 5.56 Å². The number of para-hydroxylation sites is 2. The Balaban J connectivity index is 1.53. The largest absolute Gasteiger partial charge is 0.475 e. The fourth-order valence-electron chi connectivity index (χ4n) is 2.50. The number of carbonyl (C=O) groups is 1. The van der Waals surface area contributed by atoms with Crippen LogP contribution in [-0.2, 0) is 16.1 Å². The molecule has 1 aromatic heterocycles. The van der Waals surface area contributed by atoms with Gasteiger partial charge in [0.05, 0.1) is 4.92 Å². The van der Waals surface area contributed by atoms with Gasteiger partial charge in [0, 0.05) is 11.6 Å². The maximum absolute atomic E-state index is 11.8. The number of ether oxygens (including phenoxy) is 2. The molecule has 0 aliphatic rings. The van der Waals surface area contributed by atoms with Gasteiger partial charge >= 0.3 is 11.7 Å². The third-order valence-electron chi connectivity index (χ3n) is 4.07. The lowest BCUT2D eigenvalue weighted by Gasteiger charge is -2.06. The minimum atomic E-state index is -0.718. The van der Waals surface area contributed by atoms with Crippen LogP contribution in [0.4, 0.5) is 5.69 Å². The van der Waals surface area contributed by atoms with Gasteiger partial charge in [-0.05, 0) is 17.5 Å². The van der Waals surface area contributed by atoms with E-state index in [-0.39, 0.29) is 23.9 Å². The summed E-state index contributed by atoms with van der Waals surface area (Å²) in [6.07, 6.45) is 0. The van der Waals surface area contributed by atoms with E-state index in [0.29, 0.717) is 11.7 Å². The van der Waals surface area contributed by atoms with Gasteiger partial charge in [-0.3, -0.25) is 10.1 Å². The van der Waals surface area contributed by atoms with Crippen molar-refractivity contribution in [2.75, 3.05) is 6.61 Å². The Labute approximate surface area is 166 Å². The molecule has 0 radical (unpaired) electrons. The van der Waals surface area contributed by atoms with Crippen molar-refractivity contribution >= 4 is 11.7 Å². The second kappa shape index (κ2) is 8.96. The van der Waals surface area contributed by atoms with E-state index in [4.69, 9.17) is 14.0 Å². The van der Waals surface area contributed by atoms with Gasteiger partial charge in [-0.2, -0.15) is 4.98 Å². The number of benzene rings is 2. The zero-order valence-electron chi connectivity index (χ0n) is 15.9. The van der Waals surface area contributed by atoms with Crippen LogP contribution in [0.25, 0.3) is 11.4 Å². The predicted octanol–water partition coefficient (Wildman–Crippen LogP) is 3.89. The average Bonchev–Trinajstić information content (AvgIpc) is 3.20. The van der Waals surface area contributed by atoms with Crippen molar-refractivity contribution in [1.82, 2.24) is 10.1 Å². The van der Waals surface area contributed by atoms with Crippen molar-refractivity contribution in [3.63, 3.8) is 0 Å². The highest BCUT2D eigenvalue weighted by Gasteiger charge is 2.16. The Morgan fingerprint density at radius 2 is 1.90 bits per heavy atom. The highest BCUT2D eigenvalue weighted by molar-refractivity contribution is 5.71. The standard InChI is InChI=1S/C20H19N3O6/c1-13(2)14-7-9-15(10-8-14)20-21-18(29-22-20)11-28-19(24)12-27-17-6-4-3-5-16(17)23(25)26/h3-10,13H,11-12H2,1-2H3. The van der Waals surface area contributed by atoms with Gasteiger partial charge < -0.3 is 14.0 Å². The van der Waals surface area contributed by atoms with Gasteiger partial charge in [0.15, 0.2) is 19.0 Å². The van der Waals surface area contributed by atoms with Crippen LogP contribution in [-0.4, -0.2) is 27.6 Å². The lowest BCUT2D eigenvalue weighted by atomic mass is 10.0. The van der Waals surface area contributed by atoms with Crippen molar-refractivity contribution in [1.29, 1.82) is 0 Å². The van der Waals surface area contributed by atoms with Crippen molar-refractivity contribution in [2.45, 2.75) is 26.4 Å². The summed E-state index contributed by atoms with van der Waals surface area (Å²) in [6.45, 7) is 3.50. The first-order chi connectivity index (χ1) is 13.9. The van der Waals surface area contributed by atoms with Crippen LogP contribution < -0.4 is 4.74 Å². The van der Waals surface area contributed by atoms with Crippen LogP contribution in [0.3, 0.4) is 0 Å². The SMILES string of the molecule is CC(C)c1ccc(-c2noc(COC(=O)COc3ccccc3[N+](=O)[O-])n2)cc1. The molecule has 0 fully saturated rings. The number of hydrogen-bond donors (Lipinski definition) is 0. The molecule has 29 heavy (non-hydrogen) atoms. The third kappa shape index (κ3) is 5.16. The highest BCUT2D eigenvalue weighted by Crippen LogP contribution is 2.25. The average molecular weight is 397 g/mol. The van der Waals surface area contributed by atoms with Gasteiger partial charge in [0.25, 0.3) is 5.89 Å². The lowest BCUT2D eigenvalue weighted by molar-refractivity contribution is -0.385. The number of carbonyl (C=O) groups excluding carboxylic acids is 1. The summed E-state index contributed by atoms with van der Waals surface area (Å²) in [6, 6.07) is 13.6. The first kappa shape index (κ1) is 20.0. The van der Waals surface area contributed by atoms with Crippen LogP contribution in [0.2, 0.25) is 0 Å². The van der Waals surface area contributed by atoms with Crippen molar-refractivity contribution < 1.29 is 23.7 Å². The van der Waals surface area contributed by atoms with E-state index in [1.54, 1.807) is 6.07 Å². The minimum Gasteiger partial charge on any atom is -0.475 e. The smallest absolute Gasteiger partial charge is 0.344 e. The van der Waals surface area contributed by atoms with E-state index in [9.17, 15) is 14.9 Å². The minimum absolute atomic E-state index is 0.0145. The molecule has 0 saturated carbocycles. The summed E-state index contributed by atoms with van der Waals surface area (Å²) in [5.74, 6) is 0.210. The first-order valence-electron chi connectivity index (χ1n) is 8.89. The van der Waals surface area contributed by atoms with Gasteiger partial charge in [0.1, 0.15) is 0 Å². The fourth-order valence-corrected chi connectivity index (χ4v) is 2.50. The van der Waals surface area contributed by atoms with E-state index >= 15 is 0 Å². The molecule has 0 saturated heterocycles. The second-order valence-electron chi connectivity index (χ2n) is 6.46. The van der Waals surface area contributed by atoms with E-state index in [1.165, 1.54) is 23.8 Å². The number of esters is 1. The Kier molecular flexibility index (Phi) is 6.18. The predicted molar refractivity (Wildman–Crippen MR) is 102 cm³/mol. The maximum Gasteiger partial charge on any atom is 0.344 e. The molecule has 0 bridgehead atoms. The number of nitrogens with zero attached hydrogens (tertiary/aromatic N) is 3. The van der Waals surface area contributed by atoms with Crippen molar-refractivity contribution in [2.24, 2.45) is 0 Å². The third-order valence-corrected chi connectivity index (χ3v) is 4.07. The van der Waals surface area contributed by atoms with E-state index in [1.807, 2.05) is 24.3 Å². The Morgan fingerprint density at radius 1 is 1.17 bits per heavy atom. The summed E-state index contributed by atoms with van der Waals surface area (Å²) in [5.41, 5.74) is 1.76. The van der Waals surface area contributed by atoms with Gasteiger partial charge in [-0.25, -0.2) is 4.79 Å². The fraction of sp³-hybridized carbons (Fsp3) is 0.250. The molecule has 0 aliphatic carbocycles. The monoisotopic (exact) mass is 397 g/mol. The van der Waals surface area contributed by atoms with Crippen LogP contribution in [0.1, 0.15) is 31.2 Å². The van der Waals surface area contributed by atoms with Gasteiger partial charge in [0.2, 0.25) is 5.82 Å². The molecule has 0 spiro atoms. The molecule has 9 heteroatoms. The number of rotatable bonds is 8. The van der Waals surface area contributed by atoms with Crippen LogP contribution in [0, 0.1) is 10.1 Å². The van der Waals surface area contributed by atoms with E-state index < -0.39 is 17.5 Å². The molecule has 0 aliphatic heterocycles. The van der Waals surface area contributed by atoms with Crippen molar-refractivity contribution in [3.8, 4) is 17.1 Å². The van der Waals surface area contributed by atoms with Gasteiger partial charge in [-0.15, -0.1) is 0 Å². The number of nitro groups is 1. The maximum atomic E-state index is 11.8. The lowest BCUT2D eigenvalue weighted by Crippen LogP contribution is -2.15. The summed E-state index contributed by atoms with van der Waals surface area (Å²) >= 11 is 0. The van der Waals surface area contributed by atoms with Gasteiger partial charge in [-0.1, -0.05) is 55.4 Å². The van der Waals surface area contributed by atoms with Crippen LogP contribution in [0.15, 0.2) is 53.1 Å². The van der Waals surface area contributed by atoms with E-state index in [2.05, 4.69) is 24.0 Å². The molecule has 9 nitrogen and oxygen atoms in total. The molecule has 3 aromatic rings. The molecule has 0 unspecified atom stereocenters. The summed E-state index contributed by atoms with van der Waals surface area (Å²) < 4.78 is 15.3. The zero-order valence-corrected chi connectivity index (χ0v) is 15.9. The Hall–Kier alpha value is -3.75. The molecular formula is C20H19N3O6. The number of nitro benzene ring substituents is 1. The summed E-state index contributed by atoms with van der Waals surface area (Å²) in [4.78, 5) is 26.4. The Morgan fingerprint density at radius 3 is 2.59 bits per heavy atom. The molecule has 0 amide bonds. The topological polar surface area (TPSA) is 118 Å². The second-order valence-corrected chi connectivity index (χ2v) is 6.46. The highest BCUT2D eigenvalue weighted by atomic mass is 16.6. The molecule has 3 rings (SSSR count). The van der Waals surface area contributed by atoms with Crippen LogP contribution >= 0.6 is 0 Å². The van der Waals surface area contributed by atoms with Crippen LogP contribution in [0.5, 0.6) is 5.75 Å². The normalized spacial score (nSPS) is 10.7. The number of aromatic nitrogens is 2. The first-order valence-corrected chi connectivity index (χ1v) is 8.89. The molecule has 2 aromatic carbocycles. The Bertz CT molecular complexity index is 997. The summed E-state index contributed by atoms with van der Waals surface area (Å²) in [7, 11) is 0.